The van der Waals surface area contributed by atoms with Gasteiger partial charge in [-0.05, 0) is 30.5 Å². The highest BCUT2D eigenvalue weighted by molar-refractivity contribution is 6.31. The van der Waals surface area contributed by atoms with E-state index in [1.165, 1.54) is 0 Å². The fraction of sp³-hybridized carbons (Fsp3) is 0.364. The monoisotopic (exact) mass is 207 g/mol. The first-order valence-electron chi connectivity index (χ1n) is 4.84. The highest BCUT2D eigenvalue weighted by Crippen LogP contribution is 2.51. The first kappa shape index (κ1) is 8.30. The SMILES string of the molecule is O=C1Nc2cc(Cl)ccc2C12CCC2. The molecule has 0 radical (unpaired) electrons. The number of benzene rings is 1. The molecule has 1 amide bonds. The summed E-state index contributed by atoms with van der Waals surface area (Å²) in [7, 11) is 0. The smallest absolute Gasteiger partial charge is 0.235 e. The Bertz CT molecular complexity index is 423. The average Bonchev–Trinajstić information content (AvgIpc) is 2.34. The largest absolute Gasteiger partial charge is 0.325 e. The number of halogens is 1. The van der Waals surface area contributed by atoms with Crippen molar-refractivity contribution >= 4 is 23.2 Å². The molecule has 1 aromatic rings. The highest BCUT2D eigenvalue weighted by atomic mass is 35.5. The van der Waals surface area contributed by atoms with Gasteiger partial charge in [-0.2, -0.15) is 0 Å². The maximum Gasteiger partial charge on any atom is 0.235 e. The number of amides is 1. The number of rotatable bonds is 0. The molecule has 1 saturated carbocycles. The van der Waals surface area contributed by atoms with E-state index < -0.39 is 0 Å². The molecule has 1 aliphatic heterocycles. The molecular weight excluding hydrogens is 198 g/mol. The molecular formula is C11H10ClNO. The van der Waals surface area contributed by atoms with Crippen molar-refractivity contribution in [2.75, 3.05) is 5.32 Å². The number of fused-ring (bicyclic) bond motifs is 2. The number of carbonyl (C=O) groups excluding carboxylic acids is 1. The van der Waals surface area contributed by atoms with Crippen LogP contribution in [0.1, 0.15) is 24.8 Å². The van der Waals surface area contributed by atoms with Crippen molar-refractivity contribution in [3.8, 4) is 0 Å². The van der Waals surface area contributed by atoms with Crippen molar-refractivity contribution in [3.05, 3.63) is 28.8 Å². The minimum absolute atomic E-state index is 0.154. The van der Waals surface area contributed by atoms with Gasteiger partial charge in [0.2, 0.25) is 5.91 Å². The quantitative estimate of drug-likeness (QED) is 0.697. The summed E-state index contributed by atoms with van der Waals surface area (Å²) < 4.78 is 0. The fourth-order valence-electron chi connectivity index (χ4n) is 2.43. The Morgan fingerprint density at radius 3 is 2.79 bits per heavy atom. The standard InChI is InChI=1S/C11H10ClNO/c12-7-2-3-8-9(6-7)13-10(14)11(8)4-1-5-11/h2-3,6H,1,4-5H2,(H,13,14). The minimum Gasteiger partial charge on any atom is -0.325 e. The summed E-state index contributed by atoms with van der Waals surface area (Å²) in [6.45, 7) is 0. The molecule has 0 bridgehead atoms. The molecule has 1 fully saturated rings. The Morgan fingerprint density at radius 2 is 2.14 bits per heavy atom. The van der Waals surface area contributed by atoms with E-state index in [0.29, 0.717) is 5.02 Å². The fourth-order valence-corrected chi connectivity index (χ4v) is 2.60. The molecule has 1 aromatic carbocycles. The van der Waals surface area contributed by atoms with Crippen LogP contribution in [0.4, 0.5) is 5.69 Å². The predicted molar refractivity (Wildman–Crippen MR) is 55.6 cm³/mol. The number of hydrogen-bond donors (Lipinski definition) is 1. The van der Waals surface area contributed by atoms with E-state index in [0.717, 1.165) is 30.5 Å². The summed E-state index contributed by atoms with van der Waals surface area (Å²) in [4.78, 5) is 11.8. The second kappa shape index (κ2) is 2.51. The van der Waals surface area contributed by atoms with Crippen molar-refractivity contribution in [3.63, 3.8) is 0 Å². The Labute approximate surface area is 87.3 Å². The van der Waals surface area contributed by atoms with Crippen molar-refractivity contribution in [1.29, 1.82) is 0 Å². The van der Waals surface area contributed by atoms with E-state index in [2.05, 4.69) is 5.32 Å². The normalized spacial score (nSPS) is 21.6. The van der Waals surface area contributed by atoms with Crippen LogP contribution >= 0.6 is 11.6 Å². The van der Waals surface area contributed by atoms with Crippen LogP contribution in [0.15, 0.2) is 18.2 Å². The molecule has 72 valence electrons. The van der Waals surface area contributed by atoms with E-state index in [4.69, 9.17) is 11.6 Å². The topological polar surface area (TPSA) is 29.1 Å². The lowest BCUT2D eigenvalue weighted by atomic mass is 9.65. The summed E-state index contributed by atoms with van der Waals surface area (Å²) in [5, 5.41) is 3.59. The summed E-state index contributed by atoms with van der Waals surface area (Å²) in [5.74, 6) is 0.154. The molecule has 0 aromatic heterocycles. The van der Waals surface area contributed by atoms with Crippen LogP contribution in [-0.4, -0.2) is 5.91 Å². The third-order valence-corrected chi connectivity index (χ3v) is 3.62. The lowest BCUT2D eigenvalue weighted by Crippen LogP contribution is -2.40. The highest BCUT2D eigenvalue weighted by Gasteiger charge is 2.50. The van der Waals surface area contributed by atoms with Gasteiger partial charge < -0.3 is 5.32 Å². The van der Waals surface area contributed by atoms with Gasteiger partial charge >= 0.3 is 0 Å². The van der Waals surface area contributed by atoms with Crippen LogP contribution < -0.4 is 5.32 Å². The maximum absolute atomic E-state index is 11.8. The molecule has 2 nitrogen and oxygen atoms in total. The van der Waals surface area contributed by atoms with Crippen LogP contribution in [0.3, 0.4) is 0 Å². The molecule has 0 unspecified atom stereocenters. The van der Waals surface area contributed by atoms with Crippen LogP contribution in [0.2, 0.25) is 5.02 Å². The summed E-state index contributed by atoms with van der Waals surface area (Å²) in [6, 6.07) is 5.68. The van der Waals surface area contributed by atoms with Gasteiger partial charge in [0.15, 0.2) is 0 Å². The molecule has 3 heteroatoms. The molecule has 3 rings (SSSR count). The zero-order chi connectivity index (χ0) is 9.76. The average molecular weight is 208 g/mol. The van der Waals surface area contributed by atoms with Gasteiger partial charge in [0, 0.05) is 10.7 Å². The predicted octanol–water partition coefficient (Wildman–Crippen LogP) is 2.71. The Kier molecular flexibility index (Phi) is 1.49. The van der Waals surface area contributed by atoms with Gasteiger partial charge in [0.05, 0.1) is 5.41 Å². The first-order chi connectivity index (χ1) is 6.72. The lowest BCUT2D eigenvalue weighted by molar-refractivity contribution is -0.123. The minimum atomic E-state index is -0.208. The Hall–Kier alpha value is -1.02. The number of anilines is 1. The van der Waals surface area contributed by atoms with Gasteiger partial charge in [0.25, 0.3) is 0 Å². The zero-order valence-electron chi connectivity index (χ0n) is 7.64. The van der Waals surface area contributed by atoms with Crippen molar-refractivity contribution in [2.45, 2.75) is 24.7 Å². The number of carbonyl (C=O) groups is 1. The van der Waals surface area contributed by atoms with Crippen LogP contribution in [-0.2, 0) is 10.2 Å². The van der Waals surface area contributed by atoms with Crippen LogP contribution in [0, 0.1) is 0 Å². The van der Waals surface area contributed by atoms with Gasteiger partial charge in [-0.1, -0.05) is 24.1 Å². The molecule has 1 aliphatic carbocycles. The Morgan fingerprint density at radius 1 is 1.36 bits per heavy atom. The molecule has 0 saturated heterocycles. The third-order valence-electron chi connectivity index (χ3n) is 3.39. The Balaban J connectivity index is 2.18. The zero-order valence-corrected chi connectivity index (χ0v) is 8.40. The summed E-state index contributed by atoms with van der Waals surface area (Å²) in [5.41, 5.74) is 1.83. The van der Waals surface area contributed by atoms with Gasteiger partial charge in [-0.3, -0.25) is 4.79 Å². The molecule has 14 heavy (non-hydrogen) atoms. The van der Waals surface area contributed by atoms with Gasteiger partial charge in [-0.15, -0.1) is 0 Å². The van der Waals surface area contributed by atoms with Crippen molar-refractivity contribution in [1.82, 2.24) is 0 Å². The molecule has 1 spiro atoms. The van der Waals surface area contributed by atoms with E-state index in [-0.39, 0.29) is 11.3 Å². The summed E-state index contributed by atoms with van der Waals surface area (Å²) in [6.07, 6.45) is 3.11. The maximum atomic E-state index is 11.8. The van der Waals surface area contributed by atoms with Gasteiger partial charge in [-0.25, -0.2) is 0 Å². The third kappa shape index (κ3) is 0.845. The molecule has 1 N–H and O–H groups in total. The molecule has 2 aliphatic rings. The number of hydrogen-bond acceptors (Lipinski definition) is 1. The molecule has 1 heterocycles. The first-order valence-corrected chi connectivity index (χ1v) is 5.22. The van der Waals surface area contributed by atoms with E-state index >= 15 is 0 Å². The second-order valence-corrected chi connectivity index (χ2v) is 4.52. The van der Waals surface area contributed by atoms with Crippen LogP contribution in [0.5, 0.6) is 0 Å². The van der Waals surface area contributed by atoms with Gasteiger partial charge in [0.1, 0.15) is 0 Å². The molecule has 0 atom stereocenters. The van der Waals surface area contributed by atoms with E-state index in [1.54, 1.807) is 0 Å². The van der Waals surface area contributed by atoms with Crippen molar-refractivity contribution in [2.24, 2.45) is 0 Å². The lowest BCUT2D eigenvalue weighted by Gasteiger charge is -2.36. The van der Waals surface area contributed by atoms with Crippen molar-refractivity contribution < 1.29 is 4.79 Å². The summed E-state index contributed by atoms with van der Waals surface area (Å²) >= 11 is 5.87. The second-order valence-electron chi connectivity index (χ2n) is 4.08. The van der Waals surface area contributed by atoms with E-state index in [1.807, 2.05) is 18.2 Å². The number of nitrogens with one attached hydrogen (secondary N) is 1. The van der Waals surface area contributed by atoms with Crippen LogP contribution in [0.25, 0.3) is 0 Å². The van der Waals surface area contributed by atoms with E-state index in [9.17, 15) is 4.79 Å².